The van der Waals surface area contributed by atoms with E-state index in [9.17, 15) is 30.3 Å². The van der Waals surface area contributed by atoms with Crippen LogP contribution >= 0.6 is 0 Å². The third kappa shape index (κ3) is 38.4. The van der Waals surface area contributed by atoms with Crippen LogP contribution in [0.25, 0.3) is 0 Å². The highest BCUT2D eigenvalue weighted by Crippen LogP contribution is 2.23. The van der Waals surface area contributed by atoms with E-state index < -0.39 is 49.5 Å². The Hall–Kier alpha value is -1.33. The van der Waals surface area contributed by atoms with Gasteiger partial charge < -0.3 is 40.3 Å². The summed E-state index contributed by atoms with van der Waals surface area (Å²) in [7, 11) is 0. The number of unbranched alkanes of at least 4 members (excludes halogenated alkanes) is 39. The summed E-state index contributed by atoms with van der Waals surface area (Å²) in [6.07, 6.45) is 55.9. The molecular formula is C59H113NO8. The van der Waals surface area contributed by atoms with Gasteiger partial charge in [0.25, 0.3) is 0 Å². The number of hydrogen-bond acceptors (Lipinski definition) is 8. The minimum Gasteiger partial charge on any atom is -0.394 e. The van der Waals surface area contributed by atoms with Crippen molar-refractivity contribution in [2.24, 2.45) is 0 Å². The molecule has 0 aromatic rings. The van der Waals surface area contributed by atoms with Gasteiger partial charge in [-0.05, 0) is 44.9 Å². The van der Waals surface area contributed by atoms with Crippen LogP contribution in [0.2, 0.25) is 0 Å². The van der Waals surface area contributed by atoms with Crippen molar-refractivity contribution < 1.29 is 39.8 Å². The van der Waals surface area contributed by atoms with Crippen molar-refractivity contribution in [1.82, 2.24) is 5.32 Å². The van der Waals surface area contributed by atoms with Gasteiger partial charge in [-0.25, -0.2) is 0 Å². The molecule has 68 heavy (non-hydrogen) atoms. The van der Waals surface area contributed by atoms with Gasteiger partial charge in [0.2, 0.25) is 5.91 Å². The molecule has 9 heteroatoms. The third-order valence-corrected chi connectivity index (χ3v) is 14.3. The van der Waals surface area contributed by atoms with Crippen molar-refractivity contribution in [1.29, 1.82) is 0 Å². The average Bonchev–Trinajstić information content (AvgIpc) is 3.34. The lowest BCUT2D eigenvalue weighted by molar-refractivity contribution is -0.302. The lowest BCUT2D eigenvalue weighted by Crippen LogP contribution is -2.60. The number of aliphatic hydroxyl groups is 5. The minimum absolute atomic E-state index is 0.175. The number of amides is 1. The molecule has 0 spiro atoms. The molecule has 1 heterocycles. The Balaban J connectivity index is 1.98. The van der Waals surface area contributed by atoms with E-state index in [1.165, 1.54) is 231 Å². The molecule has 7 atom stereocenters. The lowest BCUT2D eigenvalue weighted by Gasteiger charge is -2.40. The highest BCUT2D eigenvalue weighted by molar-refractivity contribution is 5.76. The molecule has 0 saturated carbocycles. The number of aliphatic hydroxyl groups excluding tert-OH is 5. The summed E-state index contributed by atoms with van der Waals surface area (Å²) in [5.41, 5.74) is 0. The van der Waals surface area contributed by atoms with E-state index in [-0.39, 0.29) is 12.5 Å². The highest BCUT2D eigenvalue weighted by Gasteiger charge is 2.44. The van der Waals surface area contributed by atoms with Gasteiger partial charge in [0.1, 0.15) is 24.4 Å². The van der Waals surface area contributed by atoms with Gasteiger partial charge in [0.05, 0.1) is 25.4 Å². The summed E-state index contributed by atoms with van der Waals surface area (Å²) in [6, 6.07) is -0.799. The first-order chi connectivity index (χ1) is 33.3. The minimum atomic E-state index is -1.56. The van der Waals surface area contributed by atoms with Crippen molar-refractivity contribution in [3.63, 3.8) is 0 Å². The maximum Gasteiger partial charge on any atom is 0.220 e. The zero-order valence-corrected chi connectivity index (χ0v) is 44.6. The van der Waals surface area contributed by atoms with E-state index in [4.69, 9.17) is 9.47 Å². The fourth-order valence-electron chi connectivity index (χ4n) is 9.57. The van der Waals surface area contributed by atoms with Crippen LogP contribution < -0.4 is 5.32 Å². The molecule has 1 aliphatic heterocycles. The Morgan fingerprint density at radius 1 is 0.485 bits per heavy atom. The van der Waals surface area contributed by atoms with E-state index >= 15 is 0 Å². The summed E-state index contributed by atoms with van der Waals surface area (Å²) in [5.74, 6) is -0.175. The summed E-state index contributed by atoms with van der Waals surface area (Å²) in [4.78, 5) is 13.0. The monoisotopic (exact) mass is 964 g/mol. The molecule has 0 radical (unpaired) electrons. The molecule has 0 aromatic carbocycles. The SMILES string of the molecule is CCCCCCCC/C=C/C(O)C(COC1OC(CO)C(O)C(O)C1O)NC(=O)CCCCCCCCCCCCCCCCCCCCCCCCCCC/C=C\CCCCCCCCCC. The summed E-state index contributed by atoms with van der Waals surface area (Å²) >= 11 is 0. The van der Waals surface area contributed by atoms with Crippen LogP contribution in [0.4, 0.5) is 0 Å². The molecule has 1 rings (SSSR count). The molecule has 9 nitrogen and oxygen atoms in total. The van der Waals surface area contributed by atoms with Crippen molar-refractivity contribution in [2.75, 3.05) is 13.2 Å². The number of allylic oxidation sites excluding steroid dienone is 3. The molecule has 0 bridgehead atoms. The molecule has 402 valence electrons. The van der Waals surface area contributed by atoms with Crippen LogP contribution in [0.1, 0.15) is 290 Å². The fraction of sp³-hybridized carbons (Fsp3) is 0.915. The maximum absolute atomic E-state index is 13.0. The van der Waals surface area contributed by atoms with E-state index in [0.29, 0.717) is 6.42 Å². The summed E-state index contributed by atoms with van der Waals surface area (Å²) in [6.45, 7) is 3.75. The Kier molecular flexibility index (Phi) is 46.9. The molecule has 6 N–H and O–H groups in total. The molecule has 1 saturated heterocycles. The van der Waals surface area contributed by atoms with E-state index in [1.54, 1.807) is 6.08 Å². The number of rotatable bonds is 51. The van der Waals surface area contributed by atoms with E-state index in [1.807, 2.05) is 6.08 Å². The summed E-state index contributed by atoms with van der Waals surface area (Å²) in [5, 5.41) is 54.1. The number of carbonyl (C=O) groups is 1. The Bertz CT molecular complexity index is 1120. The molecule has 1 amide bonds. The van der Waals surface area contributed by atoms with E-state index in [0.717, 1.165) is 38.5 Å². The first-order valence-electron chi connectivity index (χ1n) is 29.6. The van der Waals surface area contributed by atoms with Crippen molar-refractivity contribution in [3.8, 4) is 0 Å². The van der Waals surface area contributed by atoms with Crippen LogP contribution in [0, 0.1) is 0 Å². The molecule has 1 aliphatic rings. The van der Waals surface area contributed by atoms with Crippen molar-refractivity contribution in [2.45, 2.75) is 333 Å². The largest absolute Gasteiger partial charge is 0.394 e. The van der Waals surface area contributed by atoms with Crippen LogP contribution in [0.3, 0.4) is 0 Å². The summed E-state index contributed by atoms with van der Waals surface area (Å²) < 4.78 is 11.2. The smallest absolute Gasteiger partial charge is 0.220 e. The van der Waals surface area contributed by atoms with Gasteiger partial charge in [0.15, 0.2) is 6.29 Å². The Labute approximate surface area is 419 Å². The lowest BCUT2D eigenvalue weighted by atomic mass is 9.99. The predicted molar refractivity (Wildman–Crippen MR) is 286 cm³/mol. The molecule has 1 fully saturated rings. The second-order valence-electron chi connectivity index (χ2n) is 20.8. The van der Waals surface area contributed by atoms with Gasteiger partial charge in [-0.3, -0.25) is 4.79 Å². The maximum atomic E-state index is 13.0. The highest BCUT2D eigenvalue weighted by atomic mass is 16.7. The van der Waals surface area contributed by atoms with Gasteiger partial charge in [-0.15, -0.1) is 0 Å². The van der Waals surface area contributed by atoms with Gasteiger partial charge in [0, 0.05) is 6.42 Å². The third-order valence-electron chi connectivity index (χ3n) is 14.3. The van der Waals surface area contributed by atoms with Crippen LogP contribution in [0.5, 0.6) is 0 Å². The number of hydrogen-bond donors (Lipinski definition) is 6. The van der Waals surface area contributed by atoms with Crippen molar-refractivity contribution in [3.05, 3.63) is 24.3 Å². The topological polar surface area (TPSA) is 149 Å². The Morgan fingerprint density at radius 3 is 1.19 bits per heavy atom. The van der Waals surface area contributed by atoms with Crippen LogP contribution in [-0.4, -0.2) is 87.5 Å². The fourth-order valence-corrected chi connectivity index (χ4v) is 9.57. The standard InChI is InChI=1S/C59H113NO8/c1-3-5-7-9-11-13-14-15-16-17-18-19-20-21-22-23-24-25-26-27-28-29-30-31-32-33-34-35-36-37-38-39-40-41-43-45-47-49-55(63)60-52(53(62)48-46-44-42-12-10-8-6-4-2)51-67-59-58(66)57(65)56(64)54(50-61)68-59/h17-18,46,48,52-54,56-59,61-62,64-66H,3-16,19-45,47,49-51H2,1-2H3,(H,60,63)/b18-17-,48-46+. The second kappa shape index (κ2) is 49.3. The number of carbonyl (C=O) groups excluding carboxylic acids is 1. The zero-order valence-electron chi connectivity index (χ0n) is 44.6. The number of ether oxygens (including phenoxy) is 2. The van der Waals surface area contributed by atoms with Gasteiger partial charge in [-0.2, -0.15) is 0 Å². The van der Waals surface area contributed by atoms with Crippen LogP contribution in [-0.2, 0) is 14.3 Å². The van der Waals surface area contributed by atoms with Gasteiger partial charge in [-0.1, -0.05) is 263 Å². The first-order valence-corrected chi connectivity index (χ1v) is 29.6. The number of nitrogens with one attached hydrogen (secondary N) is 1. The quantitative estimate of drug-likeness (QED) is 0.0261. The van der Waals surface area contributed by atoms with Crippen LogP contribution in [0.15, 0.2) is 24.3 Å². The van der Waals surface area contributed by atoms with E-state index in [2.05, 4.69) is 31.3 Å². The first kappa shape index (κ1) is 64.7. The average molecular weight is 965 g/mol. The predicted octanol–water partition coefficient (Wildman–Crippen LogP) is 14.6. The molecule has 0 aromatic heterocycles. The van der Waals surface area contributed by atoms with Crippen molar-refractivity contribution >= 4 is 5.91 Å². The normalized spacial score (nSPS) is 19.7. The molecule has 0 aliphatic carbocycles. The second-order valence-corrected chi connectivity index (χ2v) is 20.8. The molecular weight excluding hydrogens is 851 g/mol. The molecule has 7 unspecified atom stereocenters. The Morgan fingerprint density at radius 2 is 0.824 bits per heavy atom. The van der Waals surface area contributed by atoms with Gasteiger partial charge >= 0.3 is 0 Å². The zero-order chi connectivity index (χ0) is 49.4.